The van der Waals surface area contributed by atoms with E-state index in [0.29, 0.717) is 5.75 Å². The normalized spacial score (nSPS) is 10.5. The summed E-state index contributed by atoms with van der Waals surface area (Å²) in [6.45, 7) is 0. The van der Waals surface area contributed by atoms with Gasteiger partial charge in [-0.3, -0.25) is 0 Å². The van der Waals surface area contributed by atoms with Crippen LogP contribution in [0.2, 0.25) is 0 Å². The molecule has 0 unspecified atom stereocenters. The van der Waals surface area contributed by atoms with Gasteiger partial charge in [0.15, 0.2) is 5.40 Å². The van der Waals surface area contributed by atoms with E-state index in [1.807, 2.05) is 0 Å². The lowest BCUT2D eigenvalue weighted by atomic mass is 10.3. The minimum absolute atomic E-state index is 0.0178. The molecule has 0 saturated heterocycles. The smallest absolute Gasteiger partial charge is 0.269 e. The Balaban J connectivity index is 3.16. The van der Waals surface area contributed by atoms with Gasteiger partial charge in [0, 0.05) is 0 Å². The van der Waals surface area contributed by atoms with E-state index in [0.717, 1.165) is 0 Å². The molecule has 0 fully saturated rings. The molecule has 0 atom stereocenters. The molecule has 0 heterocycles. The Hall–Kier alpha value is -1.54. The van der Waals surface area contributed by atoms with Crippen LogP contribution >= 0.6 is 0 Å². The highest BCUT2D eigenvalue weighted by Gasteiger charge is 2.11. The van der Waals surface area contributed by atoms with Crippen LogP contribution in [0.25, 0.3) is 0 Å². The fourth-order valence-electron chi connectivity index (χ4n) is 0.808. The topological polar surface area (TPSA) is 67.2 Å². The molecule has 1 aromatic rings. The first kappa shape index (κ1) is 9.55. The van der Waals surface area contributed by atoms with Gasteiger partial charge in [0.2, 0.25) is 0 Å². The Morgan fingerprint density at radius 3 is 2.23 bits per heavy atom. The first-order chi connectivity index (χ1) is 6.10. The number of thiocyanates is 1. The van der Waals surface area contributed by atoms with Crippen molar-refractivity contribution in [3.05, 3.63) is 24.3 Å². The summed E-state index contributed by atoms with van der Waals surface area (Å²) in [7, 11) is -2.29. The molecular formula is C8H7NO3S. The van der Waals surface area contributed by atoms with Crippen molar-refractivity contribution in [2.24, 2.45) is 0 Å². The zero-order chi connectivity index (χ0) is 9.90. The van der Waals surface area contributed by atoms with E-state index in [9.17, 15) is 8.42 Å². The van der Waals surface area contributed by atoms with Crippen LogP contribution in [0.3, 0.4) is 0 Å². The van der Waals surface area contributed by atoms with Crippen LogP contribution in [0.4, 0.5) is 0 Å². The molecule has 1 aromatic carbocycles. The standard InChI is InChI=1S/C8H7NO3S/c1-12-7-2-4-8(5-3-7)13(10,11)6-9/h2-5H,1H3. The Bertz CT molecular complexity index is 427. The Labute approximate surface area is 76.3 Å². The summed E-state index contributed by atoms with van der Waals surface area (Å²) in [5.74, 6) is 0.553. The van der Waals surface area contributed by atoms with E-state index < -0.39 is 9.84 Å². The largest absolute Gasteiger partial charge is 0.497 e. The lowest BCUT2D eigenvalue weighted by Crippen LogP contribution is -1.95. The Morgan fingerprint density at radius 1 is 1.31 bits per heavy atom. The van der Waals surface area contributed by atoms with E-state index in [1.54, 1.807) is 0 Å². The minimum atomic E-state index is -3.77. The van der Waals surface area contributed by atoms with Crippen molar-refractivity contribution in [3.63, 3.8) is 0 Å². The fraction of sp³-hybridized carbons (Fsp3) is 0.125. The quantitative estimate of drug-likeness (QED) is 0.523. The molecule has 4 nitrogen and oxygen atoms in total. The van der Waals surface area contributed by atoms with Crippen LogP contribution in [-0.4, -0.2) is 15.5 Å². The first-order valence-electron chi connectivity index (χ1n) is 3.40. The van der Waals surface area contributed by atoms with Crippen molar-refractivity contribution in [1.29, 1.82) is 5.26 Å². The second-order valence-corrected chi connectivity index (χ2v) is 3.93. The van der Waals surface area contributed by atoms with Crippen molar-refractivity contribution in [2.75, 3.05) is 7.11 Å². The molecule has 0 aromatic heterocycles. The molecule has 13 heavy (non-hydrogen) atoms. The van der Waals surface area contributed by atoms with Crippen LogP contribution in [0.15, 0.2) is 29.2 Å². The summed E-state index contributed by atoms with van der Waals surface area (Å²) in [4.78, 5) is -0.0178. The van der Waals surface area contributed by atoms with E-state index in [2.05, 4.69) is 0 Å². The molecule has 0 saturated carbocycles. The van der Waals surface area contributed by atoms with Crippen molar-refractivity contribution in [3.8, 4) is 11.2 Å². The van der Waals surface area contributed by atoms with Gasteiger partial charge in [0.05, 0.1) is 12.0 Å². The number of nitriles is 1. The van der Waals surface area contributed by atoms with Gasteiger partial charge in [-0.1, -0.05) is 0 Å². The predicted molar refractivity (Wildman–Crippen MR) is 45.8 cm³/mol. The number of sulfone groups is 1. The van der Waals surface area contributed by atoms with E-state index in [1.165, 1.54) is 36.8 Å². The summed E-state index contributed by atoms with van der Waals surface area (Å²) in [6.07, 6.45) is 0. The van der Waals surface area contributed by atoms with Crippen LogP contribution in [0, 0.1) is 10.7 Å². The van der Waals surface area contributed by atoms with Crippen LogP contribution < -0.4 is 4.74 Å². The predicted octanol–water partition coefficient (Wildman–Crippen LogP) is 0.950. The van der Waals surface area contributed by atoms with Crippen molar-refractivity contribution in [1.82, 2.24) is 0 Å². The Kier molecular flexibility index (Phi) is 2.54. The van der Waals surface area contributed by atoms with Gasteiger partial charge < -0.3 is 4.74 Å². The maximum atomic E-state index is 11.0. The molecule has 0 spiro atoms. The SMILES string of the molecule is COc1ccc(S(=O)(=O)C#N)cc1. The third-order valence-corrected chi connectivity index (χ3v) is 2.62. The summed E-state index contributed by atoms with van der Waals surface area (Å²) in [6, 6.07) is 5.64. The highest BCUT2D eigenvalue weighted by Crippen LogP contribution is 2.15. The third-order valence-electron chi connectivity index (χ3n) is 1.49. The zero-order valence-electron chi connectivity index (χ0n) is 6.89. The molecular weight excluding hydrogens is 190 g/mol. The molecule has 1 rings (SSSR count). The average molecular weight is 197 g/mol. The second kappa shape index (κ2) is 3.46. The lowest BCUT2D eigenvalue weighted by molar-refractivity contribution is 0.414. The lowest BCUT2D eigenvalue weighted by Gasteiger charge is -1.99. The van der Waals surface area contributed by atoms with Gasteiger partial charge in [-0.15, -0.1) is 0 Å². The summed E-state index contributed by atoms with van der Waals surface area (Å²) < 4.78 is 26.8. The third kappa shape index (κ3) is 1.98. The molecule has 0 aliphatic rings. The number of rotatable bonds is 2. The van der Waals surface area contributed by atoms with Gasteiger partial charge in [-0.05, 0) is 24.3 Å². The highest BCUT2D eigenvalue weighted by molar-refractivity contribution is 7.95. The number of benzene rings is 1. The summed E-state index contributed by atoms with van der Waals surface area (Å²) in [5, 5.41) is 9.53. The molecule has 5 heteroatoms. The summed E-state index contributed by atoms with van der Waals surface area (Å²) in [5.41, 5.74) is 0. The first-order valence-corrected chi connectivity index (χ1v) is 4.88. The second-order valence-electron chi connectivity index (χ2n) is 2.27. The van der Waals surface area contributed by atoms with E-state index in [4.69, 9.17) is 10.00 Å². The maximum Gasteiger partial charge on any atom is 0.269 e. The van der Waals surface area contributed by atoms with E-state index >= 15 is 0 Å². The van der Waals surface area contributed by atoms with Crippen molar-refractivity contribution >= 4 is 9.84 Å². The van der Waals surface area contributed by atoms with Gasteiger partial charge in [0.25, 0.3) is 9.84 Å². The number of ether oxygens (including phenoxy) is 1. The van der Waals surface area contributed by atoms with Gasteiger partial charge in [-0.2, -0.15) is 5.26 Å². The molecule has 0 N–H and O–H groups in total. The highest BCUT2D eigenvalue weighted by atomic mass is 32.2. The van der Waals surface area contributed by atoms with Gasteiger partial charge in [0.1, 0.15) is 5.75 Å². The zero-order valence-corrected chi connectivity index (χ0v) is 7.71. The molecule has 0 radical (unpaired) electrons. The van der Waals surface area contributed by atoms with Crippen molar-refractivity contribution < 1.29 is 13.2 Å². The van der Waals surface area contributed by atoms with Crippen LogP contribution in [-0.2, 0) is 9.84 Å². The monoisotopic (exact) mass is 197 g/mol. The number of nitrogens with zero attached hydrogens (tertiary/aromatic N) is 1. The maximum absolute atomic E-state index is 11.0. The number of methoxy groups -OCH3 is 1. The van der Waals surface area contributed by atoms with Gasteiger partial charge >= 0.3 is 0 Å². The summed E-state index contributed by atoms with van der Waals surface area (Å²) >= 11 is 0. The molecule has 0 amide bonds. The molecule has 0 aliphatic heterocycles. The Morgan fingerprint density at radius 2 is 1.85 bits per heavy atom. The fourth-order valence-corrected chi connectivity index (χ4v) is 1.41. The van der Waals surface area contributed by atoms with E-state index in [-0.39, 0.29) is 4.90 Å². The molecule has 0 bridgehead atoms. The van der Waals surface area contributed by atoms with Crippen LogP contribution in [0.5, 0.6) is 5.75 Å². The molecule has 0 aliphatic carbocycles. The molecule has 68 valence electrons. The number of hydrogen-bond donors (Lipinski definition) is 0. The van der Waals surface area contributed by atoms with Crippen molar-refractivity contribution in [2.45, 2.75) is 4.90 Å². The average Bonchev–Trinajstić information content (AvgIpc) is 2.18. The number of hydrogen-bond acceptors (Lipinski definition) is 4. The van der Waals surface area contributed by atoms with Crippen LogP contribution in [0.1, 0.15) is 0 Å². The van der Waals surface area contributed by atoms with Gasteiger partial charge in [-0.25, -0.2) is 8.42 Å². The minimum Gasteiger partial charge on any atom is -0.497 e.